The van der Waals surface area contributed by atoms with E-state index in [1.165, 1.54) is 11.8 Å². The Balaban J connectivity index is 1.82. The molecule has 0 aliphatic carbocycles. The summed E-state index contributed by atoms with van der Waals surface area (Å²) in [5.74, 6) is 0.755. The number of hydrogen-bond donors (Lipinski definition) is 0. The van der Waals surface area contributed by atoms with Crippen LogP contribution in [-0.2, 0) is 11.3 Å². The summed E-state index contributed by atoms with van der Waals surface area (Å²) in [5.41, 5.74) is 2.31. The second-order valence-electron chi connectivity index (χ2n) is 8.07. The number of thioether (sulfide) groups is 1. The van der Waals surface area contributed by atoms with Gasteiger partial charge in [-0.2, -0.15) is 0 Å². The van der Waals surface area contributed by atoms with E-state index in [1.807, 2.05) is 91.5 Å². The maximum absolute atomic E-state index is 13.6. The van der Waals surface area contributed by atoms with E-state index < -0.39 is 5.25 Å². The van der Waals surface area contributed by atoms with Crippen LogP contribution in [0.1, 0.15) is 30.2 Å². The lowest BCUT2D eigenvalue weighted by Gasteiger charge is -2.25. The molecule has 0 saturated carbocycles. The summed E-state index contributed by atoms with van der Waals surface area (Å²) in [6, 6.07) is 24.6. The second kappa shape index (κ2) is 11.2. The third-order valence-corrected chi connectivity index (χ3v) is 7.18. The minimum Gasteiger partial charge on any atom is -0.497 e. The smallest absolute Gasteiger partial charge is 0.262 e. The number of hydrogen-bond acceptors (Lipinski definition) is 5. The van der Waals surface area contributed by atoms with Gasteiger partial charge in [0.15, 0.2) is 5.16 Å². The third-order valence-electron chi connectivity index (χ3n) is 5.95. The average Bonchev–Trinajstić information content (AvgIpc) is 2.90. The summed E-state index contributed by atoms with van der Waals surface area (Å²) in [4.78, 5) is 33.8. The van der Waals surface area contributed by atoms with Gasteiger partial charge in [-0.3, -0.25) is 14.2 Å². The van der Waals surface area contributed by atoms with Crippen molar-refractivity contribution in [2.75, 3.05) is 20.2 Å². The second-order valence-corrected chi connectivity index (χ2v) is 9.14. The number of nitrogens with zero attached hydrogens (tertiary/aromatic N) is 3. The predicted octanol–water partition coefficient (Wildman–Crippen LogP) is 5.16. The van der Waals surface area contributed by atoms with E-state index in [2.05, 4.69) is 0 Å². The summed E-state index contributed by atoms with van der Waals surface area (Å²) in [6.07, 6.45) is 0. The molecule has 0 radical (unpaired) electrons. The van der Waals surface area contributed by atoms with Gasteiger partial charge < -0.3 is 9.64 Å². The maximum Gasteiger partial charge on any atom is 0.262 e. The van der Waals surface area contributed by atoms with E-state index in [1.54, 1.807) is 17.7 Å². The van der Waals surface area contributed by atoms with Crippen molar-refractivity contribution in [2.24, 2.45) is 0 Å². The third kappa shape index (κ3) is 5.41. The zero-order chi connectivity index (χ0) is 24.8. The summed E-state index contributed by atoms with van der Waals surface area (Å²) in [7, 11) is 1.62. The lowest BCUT2D eigenvalue weighted by atomic mass is 10.1. The predicted molar refractivity (Wildman–Crippen MR) is 141 cm³/mol. The average molecular weight is 488 g/mol. The van der Waals surface area contributed by atoms with Crippen LogP contribution in [0.2, 0.25) is 0 Å². The van der Waals surface area contributed by atoms with Crippen LogP contribution in [0.15, 0.2) is 88.8 Å². The van der Waals surface area contributed by atoms with Gasteiger partial charge in [-0.1, -0.05) is 66.4 Å². The van der Waals surface area contributed by atoms with E-state index in [-0.39, 0.29) is 11.5 Å². The molecule has 3 aromatic carbocycles. The minimum absolute atomic E-state index is 0.00426. The van der Waals surface area contributed by atoms with Crippen LogP contribution in [0.25, 0.3) is 10.9 Å². The topological polar surface area (TPSA) is 64.4 Å². The molecule has 1 amide bonds. The molecule has 0 spiro atoms. The SMILES string of the molecule is CCN(CC)C(=O)C(Sc1nc2ccccc2c(=O)n1Cc1ccc(OC)cc1)c1ccccc1. The van der Waals surface area contributed by atoms with E-state index >= 15 is 0 Å². The van der Waals surface area contributed by atoms with Crippen molar-refractivity contribution in [3.05, 3.63) is 100 Å². The monoisotopic (exact) mass is 487 g/mol. The number of ether oxygens (including phenoxy) is 1. The van der Waals surface area contributed by atoms with Crippen LogP contribution in [0.4, 0.5) is 0 Å². The Labute approximate surface area is 209 Å². The van der Waals surface area contributed by atoms with Crippen LogP contribution in [0.3, 0.4) is 0 Å². The quantitative estimate of drug-likeness (QED) is 0.241. The van der Waals surface area contributed by atoms with Crippen LogP contribution < -0.4 is 10.3 Å². The first-order chi connectivity index (χ1) is 17.0. The Morgan fingerprint density at radius 1 is 0.971 bits per heavy atom. The summed E-state index contributed by atoms with van der Waals surface area (Å²) in [5, 5.41) is 0.543. The first-order valence-corrected chi connectivity index (χ1v) is 12.6. The van der Waals surface area contributed by atoms with Gasteiger partial charge >= 0.3 is 0 Å². The van der Waals surface area contributed by atoms with Gasteiger partial charge in [0.1, 0.15) is 11.0 Å². The number of amides is 1. The van der Waals surface area contributed by atoms with E-state index in [0.717, 1.165) is 16.9 Å². The molecule has 1 aromatic heterocycles. The highest BCUT2D eigenvalue weighted by molar-refractivity contribution is 8.00. The molecule has 6 nitrogen and oxygen atoms in total. The fraction of sp³-hybridized carbons (Fsp3) is 0.250. The van der Waals surface area contributed by atoms with Gasteiger partial charge in [0.25, 0.3) is 5.56 Å². The summed E-state index contributed by atoms with van der Waals surface area (Å²) < 4.78 is 6.94. The number of carbonyl (C=O) groups excluding carboxylic acids is 1. The molecule has 0 aliphatic rings. The van der Waals surface area contributed by atoms with Crippen LogP contribution >= 0.6 is 11.8 Å². The van der Waals surface area contributed by atoms with Crippen LogP contribution in [0, 0.1) is 0 Å². The molecule has 1 heterocycles. The van der Waals surface area contributed by atoms with Gasteiger partial charge in [0.2, 0.25) is 5.91 Å². The van der Waals surface area contributed by atoms with Crippen molar-refractivity contribution >= 4 is 28.6 Å². The van der Waals surface area contributed by atoms with Crippen molar-refractivity contribution in [1.29, 1.82) is 0 Å². The number of carbonyl (C=O) groups is 1. The molecule has 4 aromatic rings. The number of fused-ring (bicyclic) bond motifs is 1. The first kappa shape index (κ1) is 24.5. The fourth-order valence-corrected chi connectivity index (χ4v) is 5.17. The molecule has 0 fully saturated rings. The highest BCUT2D eigenvalue weighted by Crippen LogP contribution is 2.36. The van der Waals surface area contributed by atoms with Crippen LogP contribution in [-0.4, -0.2) is 40.6 Å². The first-order valence-electron chi connectivity index (χ1n) is 11.7. The molecule has 4 rings (SSSR count). The Bertz CT molecular complexity index is 1350. The fourth-order valence-electron chi connectivity index (χ4n) is 3.99. The molecular formula is C28H29N3O3S. The Kier molecular flexibility index (Phi) is 7.87. The minimum atomic E-state index is -0.522. The van der Waals surface area contributed by atoms with Gasteiger partial charge in [-0.05, 0) is 49.2 Å². The van der Waals surface area contributed by atoms with Crippen molar-refractivity contribution in [3.8, 4) is 5.75 Å². The van der Waals surface area contributed by atoms with E-state index in [0.29, 0.717) is 35.7 Å². The van der Waals surface area contributed by atoms with E-state index in [4.69, 9.17) is 9.72 Å². The number of para-hydroxylation sites is 1. The van der Waals surface area contributed by atoms with Gasteiger partial charge in [-0.25, -0.2) is 4.98 Å². The zero-order valence-electron chi connectivity index (χ0n) is 20.2. The Morgan fingerprint density at radius 2 is 1.63 bits per heavy atom. The molecule has 180 valence electrons. The lowest BCUT2D eigenvalue weighted by Crippen LogP contribution is -2.34. The number of likely N-dealkylation sites (N-methyl/N-ethyl adjacent to an activating group) is 1. The molecule has 7 heteroatoms. The highest BCUT2D eigenvalue weighted by atomic mass is 32.2. The molecule has 1 unspecified atom stereocenters. The number of methoxy groups -OCH3 is 1. The van der Waals surface area contributed by atoms with Crippen LogP contribution in [0.5, 0.6) is 5.75 Å². The van der Waals surface area contributed by atoms with Gasteiger partial charge in [-0.15, -0.1) is 0 Å². The summed E-state index contributed by atoms with van der Waals surface area (Å²) in [6.45, 7) is 5.51. The number of aromatic nitrogens is 2. The molecular weight excluding hydrogens is 458 g/mol. The van der Waals surface area contributed by atoms with Crippen molar-refractivity contribution in [2.45, 2.75) is 30.8 Å². The number of benzene rings is 3. The Morgan fingerprint density at radius 3 is 2.29 bits per heavy atom. The molecule has 0 aliphatic heterocycles. The normalized spacial score (nSPS) is 11.9. The van der Waals surface area contributed by atoms with E-state index in [9.17, 15) is 9.59 Å². The number of rotatable bonds is 9. The molecule has 35 heavy (non-hydrogen) atoms. The molecule has 0 N–H and O–H groups in total. The zero-order valence-corrected chi connectivity index (χ0v) is 21.0. The van der Waals surface area contributed by atoms with Gasteiger partial charge in [0.05, 0.1) is 24.6 Å². The Hall–Kier alpha value is -3.58. The highest BCUT2D eigenvalue weighted by Gasteiger charge is 2.28. The van der Waals surface area contributed by atoms with Crippen molar-refractivity contribution in [1.82, 2.24) is 14.5 Å². The maximum atomic E-state index is 13.6. The molecule has 0 saturated heterocycles. The molecule has 1 atom stereocenters. The van der Waals surface area contributed by atoms with Crippen molar-refractivity contribution < 1.29 is 9.53 Å². The molecule has 0 bridgehead atoms. The largest absolute Gasteiger partial charge is 0.497 e. The summed E-state index contributed by atoms with van der Waals surface area (Å²) >= 11 is 1.33. The van der Waals surface area contributed by atoms with Crippen molar-refractivity contribution in [3.63, 3.8) is 0 Å². The lowest BCUT2D eigenvalue weighted by molar-refractivity contribution is -0.130. The standard InChI is InChI=1S/C28H29N3O3S/c1-4-30(5-2)27(33)25(21-11-7-6-8-12-21)35-28-29-24-14-10-9-13-23(24)26(32)31(28)19-20-15-17-22(34-3)18-16-20/h6-18,25H,4-5,19H2,1-3H3. The van der Waals surface area contributed by atoms with Gasteiger partial charge in [0, 0.05) is 13.1 Å².